The number of carbonyl (C=O) groups is 1. The van der Waals surface area contributed by atoms with E-state index in [4.69, 9.17) is 0 Å². The summed E-state index contributed by atoms with van der Waals surface area (Å²) in [5, 5.41) is 17.1. The van der Waals surface area contributed by atoms with Gasteiger partial charge >= 0.3 is 5.69 Å². The van der Waals surface area contributed by atoms with Gasteiger partial charge in [0, 0.05) is 24.9 Å². The number of nitro groups is 1. The second-order valence-electron chi connectivity index (χ2n) is 6.03. The van der Waals surface area contributed by atoms with E-state index in [0.717, 1.165) is 18.2 Å². The van der Waals surface area contributed by atoms with E-state index in [2.05, 4.69) is 10.6 Å². The van der Waals surface area contributed by atoms with Crippen LogP contribution in [0.1, 0.15) is 25.3 Å². The highest BCUT2D eigenvalue weighted by Crippen LogP contribution is 2.32. The molecule has 0 aliphatic rings. The molecule has 27 heavy (non-hydrogen) atoms. The Bertz CT molecular complexity index is 957. The van der Waals surface area contributed by atoms with Gasteiger partial charge in [-0.05, 0) is 36.2 Å². The molecule has 2 N–H and O–H groups in total. The van der Waals surface area contributed by atoms with Gasteiger partial charge in [-0.3, -0.25) is 14.9 Å². The Morgan fingerprint density at radius 2 is 1.89 bits per heavy atom. The Balaban J connectivity index is 2.22. The van der Waals surface area contributed by atoms with Gasteiger partial charge < -0.3 is 10.6 Å². The summed E-state index contributed by atoms with van der Waals surface area (Å²) >= 11 is 0. The smallest absolute Gasteiger partial charge is 0.310 e. The van der Waals surface area contributed by atoms with Crippen LogP contribution in [0.2, 0.25) is 0 Å². The van der Waals surface area contributed by atoms with E-state index in [9.17, 15) is 23.3 Å². The van der Waals surface area contributed by atoms with Gasteiger partial charge in [-0.2, -0.15) is 0 Å². The van der Waals surface area contributed by atoms with Crippen LogP contribution in [0.25, 0.3) is 0 Å². The number of nitrogens with zero attached hydrogens (tertiary/aromatic N) is 1. The van der Waals surface area contributed by atoms with Gasteiger partial charge in [-0.25, -0.2) is 8.42 Å². The van der Waals surface area contributed by atoms with Gasteiger partial charge in [0.25, 0.3) is 0 Å². The summed E-state index contributed by atoms with van der Waals surface area (Å²) in [5.41, 5.74) is 1.05. The quantitative estimate of drug-likeness (QED) is 0.526. The third-order valence-electron chi connectivity index (χ3n) is 3.75. The standard InChI is InChI=1S/C18H21N3O5S/c1-3-6-17(22)20-14-8-4-7-13(11-14)12-19-15-9-5-10-16(27(2,25)26)18(15)21(23)24/h4-5,7-11,19H,3,6,12H2,1-2H3,(H,20,22). The third kappa shape index (κ3) is 5.52. The van der Waals surface area contributed by atoms with Gasteiger partial charge in [-0.1, -0.05) is 25.1 Å². The van der Waals surface area contributed by atoms with Crippen molar-refractivity contribution in [3.63, 3.8) is 0 Å². The van der Waals surface area contributed by atoms with Crippen LogP contribution in [0.3, 0.4) is 0 Å². The first kappa shape index (κ1) is 20.4. The lowest BCUT2D eigenvalue weighted by Crippen LogP contribution is -2.11. The van der Waals surface area contributed by atoms with Crippen molar-refractivity contribution in [1.29, 1.82) is 0 Å². The maximum Gasteiger partial charge on any atom is 0.310 e. The van der Waals surface area contributed by atoms with E-state index in [1.807, 2.05) is 6.92 Å². The molecule has 0 saturated heterocycles. The molecule has 0 aliphatic carbocycles. The van der Waals surface area contributed by atoms with Crippen LogP contribution in [0.5, 0.6) is 0 Å². The van der Waals surface area contributed by atoms with Crippen LogP contribution in [0.4, 0.5) is 17.1 Å². The first-order chi connectivity index (χ1) is 12.7. The molecular formula is C18H21N3O5S. The minimum atomic E-state index is -3.74. The van der Waals surface area contributed by atoms with Gasteiger partial charge in [0.2, 0.25) is 5.91 Å². The van der Waals surface area contributed by atoms with Crippen molar-refractivity contribution in [3.8, 4) is 0 Å². The number of amides is 1. The molecule has 9 heteroatoms. The Labute approximate surface area is 157 Å². The average molecular weight is 391 g/mol. The molecule has 1 amide bonds. The van der Waals surface area contributed by atoms with Gasteiger partial charge in [-0.15, -0.1) is 0 Å². The molecule has 144 valence electrons. The minimum Gasteiger partial charge on any atom is -0.375 e. The maximum atomic E-state index is 11.8. The third-order valence-corrected chi connectivity index (χ3v) is 4.88. The van der Waals surface area contributed by atoms with E-state index in [1.54, 1.807) is 24.3 Å². The maximum absolute atomic E-state index is 11.8. The monoisotopic (exact) mass is 391 g/mol. The van der Waals surface area contributed by atoms with Gasteiger partial charge in [0.1, 0.15) is 10.6 Å². The van der Waals surface area contributed by atoms with Gasteiger partial charge in [0.15, 0.2) is 9.84 Å². The van der Waals surface area contributed by atoms with Crippen molar-refractivity contribution in [2.75, 3.05) is 16.9 Å². The van der Waals surface area contributed by atoms with Crippen LogP contribution in [0, 0.1) is 10.1 Å². The average Bonchev–Trinajstić information content (AvgIpc) is 2.59. The second-order valence-corrected chi connectivity index (χ2v) is 8.02. The van der Waals surface area contributed by atoms with Crippen LogP contribution in [-0.4, -0.2) is 25.5 Å². The molecule has 0 fully saturated rings. The summed E-state index contributed by atoms with van der Waals surface area (Å²) in [6.07, 6.45) is 2.10. The molecular weight excluding hydrogens is 370 g/mol. The number of hydrogen-bond acceptors (Lipinski definition) is 6. The highest BCUT2D eigenvalue weighted by molar-refractivity contribution is 7.90. The summed E-state index contributed by atoms with van der Waals surface area (Å²) in [5.74, 6) is -0.0842. The number of para-hydroxylation sites is 1. The predicted molar refractivity (Wildman–Crippen MR) is 104 cm³/mol. The Morgan fingerprint density at radius 3 is 2.52 bits per heavy atom. The number of anilines is 2. The van der Waals surface area contributed by atoms with Crippen molar-refractivity contribution < 1.29 is 18.1 Å². The number of rotatable bonds is 8. The van der Waals surface area contributed by atoms with E-state index in [-0.39, 0.29) is 23.0 Å². The van der Waals surface area contributed by atoms with E-state index >= 15 is 0 Å². The number of nitrogens with one attached hydrogen (secondary N) is 2. The highest BCUT2D eigenvalue weighted by Gasteiger charge is 2.25. The summed E-state index contributed by atoms with van der Waals surface area (Å²) in [6.45, 7) is 2.14. The Hall–Kier alpha value is -2.94. The first-order valence-electron chi connectivity index (χ1n) is 8.32. The number of sulfone groups is 1. The molecule has 0 spiro atoms. The largest absolute Gasteiger partial charge is 0.375 e. The summed E-state index contributed by atoms with van der Waals surface area (Å²) in [4.78, 5) is 22.0. The van der Waals surface area contributed by atoms with Crippen molar-refractivity contribution in [2.24, 2.45) is 0 Å². The number of hydrogen-bond donors (Lipinski definition) is 2. The molecule has 2 aromatic rings. The lowest BCUT2D eigenvalue weighted by atomic mass is 10.2. The fourth-order valence-corrected chi connectivity index (χ4v) is 3.42. The molecule has 8 nitrogen and oxygen atoms in total. The molecule has 0 radical (unpaired) electrons. The van der Waals surface area contributed by atoms with Crippen molar-refractivity contribution in [2.45, 2.75) is 31.2 Å². The Morgan fingerprint density at radius 1 is 1.19 bits per heavy atom. The van der Waals surface area contributed by atoms with Crippen LogP contribution in [0.15, 0.2) is 47.4 Å². The molecule has 0 aromatic heterocycles. The van der Waals surface area contributed by atoms with E-state index in [1.165, 1.54) is 18.2 Å². The topological polar surface area (TPSA) is 118 Å². The number of nitro benzene ring substituents is 1. The second kappa shape index (κ2) is 8.63. The van der Waals surface area contributed by atoms with Crippen molar-refractivity contribution in [1.82, 2.24) is 0 Å². The highest BCUT2D eigenvalue weighted by atomic mass is 32.2. The zero-order valence-corrected chi connectivity index (χ0v) is 15.9. The lowest BCUT2D eigenvalue weighted by molar-refractivity contribution is -0.386. The first-order valence-corrected chi connectivity index (χ1v) is 10.2. The van der Waals surface area contributed by atoms with E-state index < -0.39 is 20.4 Å². The van der Waals surface area contributed by atoms with E-state index in [0.29, 0.717) is 12.1 Å². The molecule has 0 heterocycles. The fourth-order valence-electron chi connectivity index (χ4n) is 2.56. The summed E-state index contributed by atoms with van der Waals surface area (Å²) < 4.78 is 23.6. The van der Waals surface area contributed by atoms with Crippen molar-refractivity contribution in [3.05, 3.63) is 58.1 Å². The molecule has 0 unspecified atom stereocenters. The number of carbonyl (C=O) groups excluding carboxylic acids is 1. The lowest BCUT2D eigenvalue weighted by Gasteiger charge is -2.11. The summed E-state index contributed by atoms with van der Waals surface area (Å²) in [6, 6.07) is 11.2. The van der Waals surface area contributed by atoms with Crippen LogP contribution >= 0.6 is 0 Å². The van der Waals surface area contributed by atoms with Crippen molar-refractivity contribution >= 4 is 32.8 Å². The molecule has 0 bridgehead atoms. The molecule has 0 atom stereocenters. The zero-order chi connectivity index (χ0) is 20.0. The zero-order valence-electron chi connectivity index (χ0n) is 15.1. The fraction of sp³-hybridized carbons (Fsp3) is 0.278. The van der Waals surface area contributed by atoms with Gasteiger partial charge in [0.05, 0.1) is 4.92 Å². The Kier molecular flexibility index (Phi) is 6.51. The number of benzene rings is 2. The SMILES string of the molecule is CCCC(=O)Nc1cccc(CNc2cccc(S(C)(=O)=O)c2[N+](=O)[O-])c1. The predicted octanol–water partition coefficient (Wildman–Crippen LogP) is 3.35. The minimum absolute atomic E-state index is 0.0842. The molecule has 0 aliphatic heterocycles. The molecule has 2 rings (SSSR count). The molecule has 2 aromatic carbocycles. The summed E-state index contributed by atoms with van der Waals surface area (Å²) in [7, 11) is -3.74. The molecule has 0 saturated carbocycles. The van der Waals surface area contributed by atoms with Crippen LogP contribution < -0.4 is 10.6 Å². The normalized spacial score (nSPS) is 11.0. The van der Waals surface area contributed by atoms with Crippen LogP contribution in [-0.2, 0) is 21.2 Å².